The Morgan fingerprint density at radius 1 is 1.29 bits per heavy atom. The Hall–Kier alpha value is -1.24. The molecule has 21 heavy (non-hydrogen) atoms. The van der Waals surface area contributed by atoms with Crippen LogP contribution >= 0.6 is 0 Å². The van der Waals surface area contributed by atoms with Crippen LogP contribution in [-0.2, 0) is 20.3 Å². The molecule has 1 aliphatic carbocycles. The van der Waals surface area contributed by atoms with Gasteiger partial charge >= 0.3 is 5.97 Å². The van der Waals surface area contributed by atoms with Gasteiger partial charge in [0.2, 0.25) is 5.79 Å². The fraction of sp³-hybridized carbons (Fsp3) is 0.533. The Labute approximate surface area is 127 Å². The molecule has 116 valence electrons. The number of hydrogen-bond acceptors (Lipinski definition) is 5. The van der Waals surface area contributed by atoms with E-state index in [4.69, 9.17) is 8.92 Å². The lowest BCUT2D eigenvalue weighted by Gasteiger charge is -2.38. The number of carbonyl (C=O) groups excluding carboxylic acids is 1. The van der Waals surface area contributed by atoms with Crippen molar-refractivity contribution < 1.29 is 22.5 Å². The Balaban J connectivity index is 2.13. The summed E-state index contributed by atoms with van der Waals surface area (Å²) in [6.45, 7) is 4.00. The quantitative estimate of drug-likeness (QED) is 0.485. The molecule has 0 bridgehead atoms. The van der Waals surface area contributed by atoms with Crippen LogP contribution in [0.1, 0.15) is 48.5 Å². The molecule has 1 saturated carbocycles. The molecule has 0 aromatic heterocycles. The van der Waals surface area contributed by atoms with Crippen molar-refractivity contribution in [3.8, 4) is 0 Å². The number of carbonyl (C=O) groups is 1. The summed E-state index contributed by atoms with van der Waals surface area (Å²) in [4.78, 5) is 12.2. The van der Waals surface area contributed by atoms with Gasteiger partial charge in [0.25, 0.3) is 0 Å². The van der Waals surface area contributed by atoms with Gasteiger partial charge in [-0.3, -0.25) is 4.18 Å². The minimum absolute atomic E-state index is 0.388. The maximum absolute atomic E-state index is 12.2. The van der Waals surface area contributed by atoms with Gasteiger partial charge in [-0.05, 0) is 37.8 Å². The number of esters is 1. The van der Waals surface area contributed by atoms with Crippen molar-refractivity contribution in [3.05, 3.63) is 35.4 Å². The van der Waals surface area contributed by atoms with Crippen LogP contribution < -0.4 is 0 Å². The smallest absolute Gasteiger partial charge is 0.340 e. The highest BCUT2D eigenvalue weighted by Crippen LogP contribution is 2.36. The van der Waals surface area contributed by atoms with Crippen molar-refractivity contribution in [3.63, 3.8) is 0 Å². The molecule has 0 aliphatic heterocycles. The van der Waals surface area contributed by atoms with Gasteiger partial charge in [-0.15, -0.1) is 0 Å². The molecule has 0 radical (unpaired) electrons. The van der Waals surface area contributed by atoms with Gasteiger partial charge in [0, 0.05) is 12.8 Å². The SMILES string of the molecule is Cc1ccc(C(=O)OC2(OS(=O)[O-])CCC(C)CC2)cc1. The van der Waals surface area contributed by atoms with Crippen molar-refractivity contribution in [2.75, 3.05) is 0 Å². The van der Waals surface area contributed by atoms with E-state index < -0.39 is 23.1 Å². The number of ether oxygens (including phenoxy) is 1. The van der Waals surface area contributed by atoms with E-state index in [1.165, 1.54) is 0 Å². The van der Waals surface area contributed by atoms with E-state index in [-0.39, 0.29) is 0 Å². The van der Waals surface area contributed by atoms with E-state index in [0.717, 1.165) is 18.4 Å². The van der Waals surface area contributed by atoms with Gasteiger partial charge in [0.1, 0.15) is 0 Å². The van der Waals surface area contributed by atoms with E-state index in [9.17, 15) is 13.6 Å². The first-order valence-corrected chi connectivity index (χ1v) is 7.99. The maximum Gasteiger partial charge on any atom is 0.340 e. The molecular weight excluding hydrogens is 292 g/mol. The predicted molar refractivity (Wildman–Crippen MR) is 77.0 cm³/mol. The van der Waals surface area contributed by atoms with E-state index in [0.29, 0.717) is 24.3 Å². The molecule has 1 unspecified atom stereocenters. The molecule has 0 amide bonds. The summed E-state index contributed by atoms with van der Waals surface area (Å²) < 4.78 is 32.1. The van der Waals surface area contributed by atoms with Crippen LogP contribution in [0.25, 0.3) is 0 Å². The number of rotatable bonds is 4. The fourth-order valence-electron chi connectivity index (χ4n) is 2.45. The Kier molecular flexibility index (Phi) is 5.13. The second-order valence-corrected chi connectivity index (χ2v) is 6.21. The first kappa shape index (κ1) is 16.1. The molecule has 1 aliphatic rings. The van der Waals surface area contributed by atoms with Crippen molar-refractivity contribution >= 4 is 17.3 Å². The van der Waals surface area contributed by atoms with Gasteiger partial charge in [-0.25, -0.2) is 9.00 Å². The molecule has 6 heteroatoms. The minimum Gasteiger partial charge on any atom is -0.750 e. The summed E-state index contributed by atoms with van der Waals surface area (Å²) in [7, 11) is 0. The molecule has 1 atom stereocenters. The maximum atomic E-state index is 12.2. The molecule has 1 aromatic carbocycles. The van der Waals surface area contributed by atoms with Gasteiger partial charge in [-0.1, -0.05) is 24.6 Å². The topological polar surface area (TPSA) is 75.7 Å². The van der Waals surface area contributed by atoms with Crippen molar-refractivity contribution in [2.45, 2.75) is 45.3 Å². The number of aryl methyl sites for hydroxylation is 1. The van der Waals surface area contributed by atoms with E-state index in [2.05, 4.69) is 6.92 Å². The lowest BCUT2D eigenvalue weighted by Crippen LogP contribution is -2.42. The molecular formula is C15H19O5S-. The van der Waals surface area contributed by atoms with Crippen LogP contribution in [0.3, 0.4) is 0 Å². The lowest BCUT2D eigenvalue weighted by atomic mass is 9.86. The fourth-order valence-corrected chi connectivity index (χ4v) is 2.89. The Bertz CT molecular complexity index is 517. The highest BCUT2D eigenvalue weighted by atomic mass is 32.2. The minimum atomic E-state index is -2.72. The molecule has 1 fully saturated rings. The summed E-state index contributed by atoms with van der Waals surface area (Å²) in [6.07, 6.45) is 2.30. The predicted octanol–water partition coefficient (Wildman–Crippen LogP) is 2.87. The van der Waals surface area contributed by atoms with Crippen LogP contribution in [0.5, 0.6) is 0 Å². The zero-order valence-corrected chi connectivity index (χ0v) is 13.0. The molecule has 0 saturated heterocycles. The standard InChI is InChI=1S/C15H20O5S/c1-11-3-5-13(6-4-11)14(16)19-15(20-21(17)18)9-7-12(2)8-10-15/h3-6,12H,7-10H2,1-2H3,(H,17,18)/p-1. The summed E-state index contributed by atoms with van der Waals surface area (Å²) in [5.74, 6) is -1.45. The van der Waals surface area contributed by atoms with Crippen molar-refractivity contribution in [1.29, 1.82) is 0 Å². The van der Waals surface area contributed by atoms with Crippen LogP contribution in [0.15, 0.2) is 24.3 Å². The third kappa shape index (κ3) is 4.36. The largest absolute Gasteiger partial charge is 0.750 e. The Morgan fingerprint density at radius 2 is 1.86 bits per heavy atom. The van der Waals surface area contributed by atoms with E-state index >= 15 is 0 Å². The van der Waals surface area contributed by atoms with Crippen LogP contribution in [0, 0.1) is 12.8 Å². The monoisotopic (exact) mass is 311 g/mol. The van der Waals surface area contributed by atoms with E-state index in [1.54, 1.807) is 24.3 Å². The average Bonchev–Trinajstić information content (AvgIpc) is 2.42. The highest BCUT2D eigenvalue weighted by Gasteiger charge is 2.40. The lowest BCUT2D eigenvalue weighted by molar-refractivity contribution is -0.166. The van der Waals surface area contributed by atoms with E-state index in [1.807, 2.05) is 6.92 Å². The number of hydrogen-bond donors (Lipinski definition) is 0. The van der Waals surface area contributed by atoms with Crippen LogP contribution in [0.4, 0.5) is 0 Å². The van der Waals surface area contributed by atoms with Crippen LogP contribution in [0.2, 0.25) is 0 Å². The summed E-state index contributed by atoms with van der Waals surface area (Å²) in [5.41, 5.74) is 1.42. The second-order valence-electron chi connectivity index (χ2n) is 5.64. The summed E-state index contributed by atoms with van der Waals surface area (Å²) >= 11 is -2.72. The molecule has 2 rings (SSSR count). The summed E-state index contributed by atoms with van der Waals surface area (Å²) in [6, 6.07) is 6.92. The zero-order chi connectivity index (χ0) is 15.5. The third-order valence-corrected chi connectivity index (χ3v) is 4.26. The molecule has 0 N–H and O–H groups in total. The van der Waals surface area contributed by atoms with Gasteiger partial charge in [0.15, 0.2) is 0 Å². The second kappa shape index (κ2) is 6.68. The van der Waals surface area contributed by atoms with Crippen LogP contribution in [-0.4, -0.2) is 20.5 Å². The molecule has 5 nitrogen and oxygen atoms in total. The van der Waals surface area contributed by atoms with Gasteiger partial charge < -0.3 is 9.29 Å². The molecule has 1 aromatic rings. The summed E-state index contributed by atoms with van der Waals surface area (Å²) in [5, 5.41) is 0. The average molecular weight is 311 g/mol. The zero-order valence-electron chi connectivity index (χ0n) is 12.2. The van der Waals surface area contributed by atoms with Gasteiger partial charge in [-0.2, -0.15) is 0 Å². The van der Waals surface area contributed by atoms with Crippen molar-refractivity contribution in [1.82, 2.24) is 0 Å². The van der Waals surface area contributed by atoms with Crippen molar-refractivity contribution in [2.24, 2.45) is 5.92 Å². The molecule has 0 spiro atoms. The normalized spacial score (nSPS) is 27.1. The Morgan fingerprint density at radius 3 is 2.38 bits per heavy atom. The highest BCUT2D eigenvalue weighted by molar-refractivity contribution is 7.74. The van der Waals surface area contributed by atoms with Gasteiger partial charge in [0.05, 0.1) is 16.9 Å². The number of benzene rings is 1. The third-order valence-electron chi connectivity index (χ3n) is 3.82. The molecule has 0 heterocycles. The first-order chi connectivity index (χ1) is 9.90. The first-order valence-electron chi connectivity index (χ1n) is 6.99.